The zero-order chi connectivity index (χ0) is 18.8. The topological polar surface area (TPSA) is 57.6 Å². The second-order valence-electron chi connectivity index (χ2n) is 7.61. The van der Waals surface area contributed by atoms with Crippen molar-refractivity contribution in [1.82, 2.24) is 0 Å². The summed E-state index contributed by atoms with van der Waals surface area (Å²) in [5.41, 5.74) is 5.04. The van der Waals surface area contributed by atoms with Crippen LogP contribution in [0, 0.1) is 0 Å². The number of hydrogen-bond acceptors (Lipinski definition) is 4. The Kier molecular flexibility index (Phi) is 3.53. The van der Waals surface area contributed by atoms with Crippen molar-refractivity contribution in [3.8, 4) is 0 Å². The first-order chi connectivity index (χ1) is 13.0. The Morgan fingerprint density at radius 3 is 2.93 bits per heavy atom. The molecule has 3 aliphatic heterocycles. The van der Waals surface area contributed by atoms with Gasteiger partial charge in [0.15, 0.2) is 5.78 Å². The highest BCUT2D eigenvalue weighted by molar-refractivity contribution is 8.04. The number of hydrogen-bond donors (Lipinski definition) is 1. The maximum atomic E-state index is 11.7. The number of anilines is 1. The van der Waals surface area contributed by atoms with E-state index in [9.17, 15) is 14.7 Å². The number of benzene rings is 1. The molecule has 0 saturated carbocycles. The van der Waals surface area contributed by atoms with Crippen LogP contribution in [-0.2, 0) is 15.0 Å². The monoisotopic (exact) mass is 377 g/mol. The fourth-order valence-electron chi connectivity index (χ4n) is 4.80. The number of fused-ring (bicyclic) bond motifs is 5. The largest absolute Gasteiger partial charge is 0.481 e. The van der Waals surface area contributed by atoms with E-state index >= 15 is 0 Å². The van der Waals surface area contributed by atoms with Gasteiger partial charge in [0.25, 0.3) is 0 Å². The zero-order valence-corrected chi connectivity index (χ0v) is 15.8. The Morgan fingerprint density at radius 2 is 2.11 bits per heavy atom. The highest BCUT2D eigenvalue weighted by Crippen LogP contribution is 2.56. The van der Waals surface area contributed by atoms with Gasteiger partial charge >= 0.3 is 5.97 Å². The van der Waals surface area contributed by atoms with Gasteiger partial charge in [0.1, 0.15) is 0 Å². The summed E-state index contributed by atoms with van der Waals surface area (Å²) in [6.07, 6.45) is 8.40. The fraction of sp³-hybridized carbons (Fsp3) is 0.273. The lowest BCUT2D eigenvalue weighted by Crippen LogP contribution is -2.39. The molecule has 4 aliphatic rings. The molecule has 2 unspecified atom stereocenters. The molecule has 5 rings (SSSR count). The second kappa shape index (κ2) is 5.73. The van der Waals surface area contributed by atoms with Crippen molar-refractivity contribution >= 4 is 29.2 Å². The molecular weight excluding hydrogens is 358 g/mol. The number of para-hydroxylation sites is 1. The number of ketones is 1. The number of carbonyl (C=O) groups is 2. The van der Waals surface area contributed by atoms with Crippen molar-refractivity contribution in [3.05, 3.63) is 75.9 Å². The molecule has 0 amide bonds. The summed E-state index contributed by atoms with van der Waals surface area (Å²) in [7, 11) is 0. The number of rotatable bonds is 2. The minimum atomic E-state index is -0.788. The summed E-state index contributed by atoms with van der Waals surface area (Å²) >= 11 is 1.74. The van der Waals surface area contributed by atoms with Gasteiger partial charge < -0.3 is 10.0 Å². The Bertz CT molecular complexity index is 1020. The molecule has 0 saturated heterocycles. The number of allylic oxidation sites excluding steroid dienone is 6. The van der Waals surface area contributed by atoms with Crippen molar-refractivity contribution < 1.29 is 14.7 Å². The van der Waals surface area contributed by atoms with Crippen LogP contribution in [0.3, 0.4) is 0 Å². The van der Waals surface area contributed by atoms with E-state index in [0.717, 1.165) is 40.4 Å². The van der Waals surface area contributed by atoms with E-state index in [1.54, 1.807) is 23.9 Å². The van der Waals surface area contributed by atoms with Gasteiger partial charge in [-0.3, -0.25) is 9.59 Å². The minimum absolute atomic E-state index is 0.0344. The van der Waals surface area contributed by atoms with Crippen LogP contribution in [0.1, 0.15) is 25.3 Å². The van der Waals surface area contributed by atoms with Gasteiger partial charge in [0.05, 0.1) is 6.42 Å². The summed E-state index contributed by atoms with van der Waals surface area (Å²) in [5.74, 6) is -0.753. The third kappa shape index (κ3) is 2.38. The van der Waals surface area contributed by atoms with Gasteiger partial charge in [-0.2, -0.15) is 0 Å². The molecule has 1 aromatic rings. The third-order valence-electron chi connectivity index (χ3n) is 5.89. The molecule has 4 nitrogen and oxygen atoms in total. The van der Waals surface area contributed by atoms with Crippen molar-refractivity contribution in [2.24, 2.45) is 0 Å². The number of carbonyl (C=O) groups excluding carboxylic acids is 1. The lowest BCUT2D eigenvalue weighted by Gasteiger charge is -2.40. The molecule has 3 heterocycles. The average molecular weight is 377 g/mol. The molecule has 27 heavy (non-hydrogen) atoms. The van der Waals surface area contributed by atoms with E-state index < -0.39 is 11.4 Å². The van der Waals surface area contributed by atoms with Crippen LogP contribution >= 0.6 is 11.8 Å². The summed E-state index contributed by atoms with van der Waals surface area (Å²) in [6, 6.07) is 8.17. The number of carboxylic acid groups (broad SMARTS) is 1. The number of nitrogens with zero attached hydrogens (tertiary/aromatic N) is 1. The van der Waals surface area contributed by atoms with Gasteiger partial charge in [-0.15, -0.1) is 11.8 Å². The van der Waals surface area contributed by atoms with E-state index in [-0.39, 0.29) is 17.5 Å². The number of carboxylic acids is 1. The molecule has 2 atom stereocenters. The first kappa shape index (κ1) is 16.6. The normalized spacial score (nSPS) is 28.1. The number of aliphatic carboxylic acids is 1. The van der Waals surface area contributed by atoms with Crippen LogP contribution < -0.4 is 4.90 Å². The van der Waals surface area contributed by atoms with Crippen molar-refractivity contribution in [1.29, 1.82) is 0 Å². The zero-order valence-electron chi connectivity index (χ0n) is 14.9. The van der Waals surface area contributed by atoms with Gasteiger partial charge in [-0.05, 0) is 60.4 Å². The smallest absolute Gasteiger partial charge is 0.304 e. The summed E-state index contributed by atoms with van der Waals surface area (Å²) in [6.45, 7) is 2.92. The molecule has 0 radical (unpaired) electrons. The van der Waals surface area contributed by atoms with Crippen molar-refractivity contribution in [3.63, 3.8) is 0 Å². The lowest BCUT2D eigenvalue weighted by atomic mass is 9.75. The van der Waals surface area contributed by atoms with Crippen LogP contribution in [0.5, 0.6) is 0 Å². The fourth-order valence-corrected chi connectivity index (χ4v) is 6.09. The van der Waals surface area contributed by atoms with E-state index in [1.807, 2.05) is 18.2 Å². The molecule has 0 fully saturated rings. The molecule has 136 valence electrons. The predicted octanol–water partition coefficient (Wildman–Crippen LogP) is 3.96. The minimum Gasteiger partial charge on any atom is -0.481 e. The van der Waals surface area contributed by atoms with Crippen LogP contribution in [0.25, 0.3) is 0 Å². The Morgan fingerprint density at radius 1 is 1.30 bits per heavy atom. The maximum Gasteiger partial charge on any atom is 0.304 e. The van der Waals surface area contributed by atoms with Gasteiger partial charge in [0.2, 0.25) is 0 Å². The maximum absolute atomic E-state index is 11.7. The van der Waals surface area contributed by atoms with Gasteiger partial charge in [-0.1, -0.05) is 18.2 Å². The summed E-state index contributed by atoms with van der Waals surface area (Å²) < 4.78 is 0. The van der Waals surface area contributed by atoms with Gasteiger partial charge in [0, 0.05) is 33.5 Å². The standard InChI is InChI=1S/C22H19NO3S/c1-22(12-20(25)26)16-4-2-3-5-17(16)23-9-8-18-15(21(22)23)10-13-6-7-14(24)11-19(13)27-18/h2-7,10-11,18H,8-9,12H2,1H3,(H,25,26). The van der Waals surface area contributed by atoms with E-state index in [1.165, 1.54) is 5.57 Å². The summed E-state index contributed by atoms with van der Waals surface area (Å²) in [4.78, 5) is 26.8. The van der Waals surface area contributed by atoms with Crippen LogP contribution in [0.15, 0.2) is 70.3 Å². The Labute approximate surface area is 161 Å². The number of thioether (sulfide) groups is 1. The Hall–Kier alpha value is -2.53. The highest BCUT2D eigenvalue weighted by atomic mass is 32.2. The molecular formula is C22H19NO3S. The summed E-state index contributed by atoms with van der Waals surface area (Å²) in [5, 5.41) is 9.91. The first-order valence-electron chi connectivity index (χ1n) is 9.13. The van der Waals surface area contributed by atoms with Crippen LogP contribution in [0.4, 0.5) is 5.69 Å². The van der Waals surface area contributed by atoms with Crippen molar-refractivity contribution in [2.75, 3.05) is 11.4 Å². The quantitative estimate of drug-likeness (QED) is 0.845. The second-order valence-corrected chi connectivity index (χ2v) is 8.86. The van der Waals surface area contributed by atoms with Gasteiger partial charge in [-0.25, -0.2) is 0 Å². The van der Waals surface area contributed by atoms with Crippen LogP contribution in [-0.4, -0.2) is 28.7 Å². The predicted molar refractivity (Wildman–Crippen MR) is 107 cm³/mol. The third-order valence-corrected chi connectivity index (χ3v) is 7.27. The van der Waals surface area contributed by atoms with E-state index in [0.29, 0.717) is 0 Å². The Balaban J connectivity index is 1.75. The molecule has 0 aromatic heterocycles. The highest BCUT2D eigenvalue weighted by Gasteiger charge is 2.49. The molecule has 0 spiro atoms. The van der Waals surface area contributed by atoms with E-state index in [2.05, 4.69) is 30.0 Å². The van der Waals surface area contributed by atoms with Crippen molar-refractivity contribution in [2.45, 2.75) is 30.4 Å². The lowest BCUT2D eigenvalue weighted by molar-refractivity contribution is -0.138. The average Bonchev–Trinajstić information content (AvgIpc) is 2.89. The molecule has 0 bridgehead atoms. The SMILES string of the molecule is CC1(CC(=O)O)C2=C3C=C4C=CC(=O)C=C4SC3CCN2c2ccccc21. The van der Waals surface area contributed by atoms with E-state index in [4.69, 9.17) is 0 Å². The van der Waals surface area contributed by atoms with Crippen LogP contribution in [0.2, 0.25) is 0 Å². The molecule has 5 heteroatoms. The molecule has 1 aliphatic carbocycles. The molecule has 1 aromatic carbocycles. The molecule has 1 N–H and O–H groups in total. The first-order valence-corrected chi connectivity index (χ1v) is 10.0.